The summed E-state index contributed by atoms with van der Waals surface area (Å²) in [4.78, 5) is 22.1. The van der Waals surface area contributed by atoms with Crippen molar-refractivity contribution in [2.75, 3.05) is 31.1 Å². The second-order valence-corrected chi connectivity index (χ2v) is 6.46. The molecule has 5 nitrogen and oxygen atoms in total. The van der Waals surface area contributed by atoms with Crippen LogP contribution in [0.1, 0.15) is 12.0 Å². The van der Waals surface area contributed by atoms with E-state index in [1.54, 1.807) is 18.2 Å². The third-order valence-corrected chi connectivity index (χ3v) is 4.84. The first kappa shape index (κ1) is 16.6. The Morgan fingerprint density at radius 1 is 1.00 bits per heavy atom. The first-order chi connectivity index (χ1) is 12.7. The molecule has 1 amide bonds. The molecule has 134 valence electrons. The Hall–Kier alpha value is -2.89. The number of rotatable bonds is 3. The average Bonchev–Trinajstić information content (AvgIpc) is 3.18. The lowest BCUT2D eigenvalue weighted by Crippen LogP contribution is -2.51. The molecule has 0 spiro atoms. The monoisotopic (exact) mass is 353 g/mol. The summed E-state index contributed by atoms with van der Waals surface area (Å²) in [5, 5.41) is 3.95. The highest BCUT2D eigenvalue weighted by molar-refractivity contribution is 6.04. The number of hydrogen-bond donors (Lipinski definition) is 0. The topological polar surface area (TPSA) is 45.1 Å². The van der Waals surface area contributed by atoms with Crippen molar-refractivity contribution in [3.05, 3.63) is 66.0 Å². The zero-order chi connectivity index (χ0) is 17.9. The van der Waals surface area contributed by atoms with E-state index in [4.69, 9.17) is 4.84 Å². The zero-order valence-corrected chi connectivity index (χ0v) is 14.3. The van der Waals surface area contributed by atoms with Crippen LogP contribution in [0.5, 0.6) is 0 Å². The minimum Gasteiger partial charge on any atom is -0.382 e. The van der Waals surface area contributed by atoms with Crippen LogP contribution in [0.25, 0.3) is 0 Å². The lowest BCUT2D eigenvalue weighted by atomic mass is 10.0. The SMILES string of the molecule is O=C([C@@H]1CC(c2ccccc2F)=NO1)N1CCN(c2ccccc2)CC1. The Balaban J connectivity index is 1.35. The maximum atomic E-state index is 13.9. The van der Waals surface area contributed by atoms with Gasteiger partial charge in [0, 0.05) is 43.9 Å². The molecule has 26 heavy (non-hydrogen) atoms. The number of nitrogens with zero attached hydrogens (tertiary/aromatic N) is 3. The molecule has 2 aliphatic heterocycles. The number of oxime groups is 1. The molecule has 2 aromatic carbocycles. The zero-order valence-electron chi connectivity index (χ0n) is 14.3. The molecule has 0 radical (unpaired) electrons. The van der Waals surface area contributed by atoms with Gasteiger partial charge in [0.1, 0.15) is 5.82 Å². The van der Waals surface area contributed by atoms with Gasteiger partial charge < -0.3 is 14.6 Å². The lowest BCUT2D eigenvalue weighted by Gasteiger charge is -2.36. The minimum atomic E-state index is -0.659. The van der Waals surface area contributed by atoms with Gasteiger partial charge in [-0.3, -0.25) is 4.79 Å². The number of carbonyl (C=O) groups is 1. The molecule has 2 aliphatic rings. The third-order valence-electron chi connectivity index (χ3n) is 4.84. The lowest BCUT2D eigenvalue weighted by molar-refractivity contribution is -0.142. The van der Waals surface area contributed by atoms with Crippen LogP contribution < -0.4 is 4.90 Å². The molecule has 2 heterocycles. The molecule has 0 aliphatic carbocycles. The fourth-order valence-corrected chi connectivity index (χ4v) is 3.39. The summed E-state index contributed by atoms with van der Waals surface area (Å²) in [7, 11) is 0. The summed E-state index contributed by atoms with van der Waals surface area (Å²) in [6.45, 7) is 2.85. The van der Waals surface area contributed by atoms with Gasteiger partial charge in [0.25, 0.3) is 5.91 Å². The summed E-state index contributed by atoms with van der Waals surface area (Å²) in [5.41, 5.74) is 2.06. The van der Waals surface area contributed by atoms with E-state index < -0.39 is 6.10 Å². The molecule has 6 heteroatoms. The number of benzene rings is 2. The van der Waals surface area contributed by atoms with Crippen molar-refractivity contribution in [2.24, 2.45) is 5.16 Å². The maximum absolute atomic E-state index is 13.9. The van der Waals surface area contributed by atoms with Crippen molar-refractivity contribution in [3.8, 4) is 0 Å². The Kier molecular flexibility index (Phi) is 4.56. The van der Waals surface area contributed by atoms with Crippen LogP contribution in [-0.2, 0) is 9.63 Å². The Morgan fingerprint density at radius 2 is 1.69 bits per heavy atom. The van der Waals surface area contributed by atoms with E-state index in [1.165, 1.54) is 11.8 Å². The highest BCUT2D eigenvalue weighted by Crippen LogP contribution is 2.22. The molecular formula is C20H20FN3O2. The van der Waals surface area contributed by atoms with Gasteiger partial charge in [-0.2, -0.15) is 0 Å². The van der Waals surface area contributed by atoms with Crippen LogP contribution in [0.2, 0.25) is 0 Å². The van der Waals surface area contributed by atoms with E-state index in [-0.39, 0.29) is 11.7 Å². The fourth-order valence-electron chi connectivity index (χ4n) is 3.39. The smallest absolute Gasteiger partial charge is 0.267 e. The summed E-state index contributed by atoms with van der Waals surface area (Å²) >= 11 is 0. The number of hydrogen-bond acceptors (Lipinski definition) is 4. The van der Waals surface area contributed by atoms with Crippen LogP contribution in [0.3, 0.4) is 0 Å². The highest BCUT2D eigenvalue weighted by atomic mass is 19.1. The molecule has 1 atom stereocenters. The Morgan fingerprint density at radius 3 is 2.42 bits per heavy atom. The maximum Gasteiger partial charge on any atom is 0.267 e. The third kappa shape index (κ3) is 3.27. The van der Waals surface area contributed by atoms with Crippen LogP contribution in [0.15, 0.2) is 59.8 Å². The van der Waals surface area contributed by atoms with Gasteiger partial charge >= 0.3 is 0 Å². The van der Waals surface area contributed by atoms with E-state index in [0.717, 1.165) is 13.1 Å². The molecule has 2 aromatic rings. The van der Waals surface area contributed by atoms with Crippen LogP contribution >= 0.6 is 0 Å². The summed E-state index contributed by atoms with van der Waals surface area (Å²) < 4.78 is 13.9. The number of carbonyl (C=O) groups excluding carboxylic acids is 1. The standard InChI is InChI=1S/C20H20FN3O2/c21-17-9-5-4-8-16(17)18-14-19(26-22-18)20(25)24-12-10-23(11-13-24)15-6-2-1-3-7-15/h1-9,19H,10-14H2/t19-/m0/s1. The van der Waals surface area contributed by atoms with E-state index in [1.807, 2.05) is 23.1 Å². The number of anilines is 1. The van der Waals surface area contributed by atoms with Gasteiger partial charge in [0.05, 0.1) is 5.71 Å². The second kappa shape index (κ2) is 7.15. The van der Waals surface area contributed by atoms with Crippen molar-refractivity contribution in [1.29, 1.82) is 0 Å². The van der Waals surface area contributed by atoms with Crippen molar-refractivity contribution in [2.45, 2.75) is 12.5 Å². The first-order valence-electron chi connectivity index (χ1n) is 8.79. The van der Waals surface area contributed by atoms with Crippen molar-refractivity contribution in [3.63, 3.8) is 0 Å². The Bertz CT molecular complexity index is 817. The number of halogens is 1. The van der Waals surface area contributed by atoms with Crippen LogP contribution in [0, 0.1) is 5.82 Å². The van der Waals surface area contributed by atoms with Crippen molar-refractivity contribution >= 4 is 17.3 Å². The van der Waals surface area contributed by atoms with Gasteiger partial charge in [0.2, 0.25) is 6.10 Å². The average molecular weight is 353 g/mol. The van der Waals surface area contributed by atoms with Gasteiger partial charge in [-0.15, -0.1) is 0 Å². The van der Waals surface area contributed by atoms with Gasteiger partial charge in [-0.25, -0.2) is 4.39 Å². The molecule has 0 N–H and O–H groups in total. The van der Waals surface area contributed by atoms with Gasteiger partial charge in [-0.05, 0) is 18.2 Å². The van der Waals surface area contributed by atoms with Gasteiger partial charge in [-0.1, -0.05) is 41.6 Å². The number of amides is 1. The molecule has 1 fully saturated rings. The summed E-state index contributed by atoms with van der Waals surface area (Å²) in [5.74, 6) is -0.424. The predicted molar refractivity (Wildman–Crippen MR) is 97.7 cm³/mol. The second-order valence-electron chi connectivity index (χ2n) is 6.46. The fraction of sp³-hybridized carbons (Fsp3) is 0.300. The van der Waals surface area contributed by atoms with E-state index in [2.05, 4.69) is 22.2 Å². The van der Waals surface area contributed by atoms with Crippen LogP contribution in [0.4, 0.5) is 10.1 Å². The highest BCUT2D eigenvalue weighted by Gasteiger charge is 2.34. The first-order valence-corrected chi connectivity index (χ1v) is 8.79. The van der Waals surface area contributed by atoms with E-state index >= 15 is 0 Å². The summed E-state index contributed by atoms with van der Waals surface area (Å²) in [6.07, 6.45) is -0.355. The van der Waals surface area contributed by atoms with Crippen LogP contribution in [-0.4, -0.2) is 48.8 Å². The summed E-state index contributed by atoms with van der Waals surface area (Å²) in [6, 6.07) is 16.6. The molecular weight excluding hydrogens is 333 g/mol. The number of para-hydroxylation sites is 1. The molecule has 0 saturated carbocycles. The predicted octanol–water partition coefficient (Wildman–Crippen LogP) is 2.67. The quantitative estimate of drug-likeness (QED) is 0.852. The molecule has 0 aromatic heterocycles. The van der Waals surface area contributed by atoms with E-state index in [0.29, 0.717) is 30.8 Å². The van der Waals surface area contributed by atoms with E-state index in [9.17, 15) is 9.18 Å². The Labute approximate surface area is 151 Å². The van der Waals surface area contributed by atoms with Crippen molar-refractivity contribution in [1.82, 2.24) is 4.90 Å². The molecule has 0 unspecified atom stereocenters. The molecule has 1 saturated heterocycles. The largest absolute Gasteiger partial charge is 0.382 e. The van der Waals surface area contributed by atoms with Gasteiger partial charge in [0.15, 0.2) is 0 Å². The normalized spacial score (nSPS) is 19.9. The number of piperazine rings is 1. The van der Waals surface area contributed by atoms with Crippen molar-refractivity contribution < 1.29 is 14.0 Å². The minimum absolute atomic E-state index is 0.0761. The molecule has 0 bridgehead atoms. The molecule has 4 rings (SSSR count).